The molecule has 0 bridgehead atoms. The second-order valence-corrected chi connectivity index (χ2v) is 4.85. The number of benzene rings is 2. The highest BCUT2D eigenvalue weighted by Gasteiger charge is 2.12. The first-order valence-corrected chi connectivity index (χ1v) is 6.38. The van der Waals surface area contributed by atoms with Gasteiger partial charge >= 0.3 is 0 Å². The molecule has 1 atom stereocenters. The fraction of sp³-hybridized carbons (Fsp3) is 0.250. The Morgan fingerprint density at radius 2 is 1.85 bits per heavy atom. The molecular formula is C16H17F2NO. The molecule has 0 amide bonds. The largest absolute Gasteiger partial charge is 0.489 e. The van der Waals surface area contributed by atoms with Crippen molar-refractivity contribution < 1.29 is 13.5 Å². The molecule has 2 rings (SSSR count). The molecule has 0 fully saturated rings. The molecule has 0 saturated heterocycles. The Morgan fingerprint density at radius 1 is 1.10 bits per heavy atom. The van der Waals surface area contributed by atoms with E-state index in [9.17, 15) is 8.78 Å². The second kappa shape index (κ2) is 6.01. The minimum atomic E-state index is -0.724. The lowest BCUT2D eigenvalue weighted by atomic mass is 10.00. The highest BCUT2D eigenvalue weighted by atomic mass is 19.1. The quantitative estimate of drug-likeness (QED) is 0.925. The van der Waals surface area contributed by atoms with Gasteiger partial charge in [0.15, 0.2) is 11.6 Å². The van der Waals surface area contributed by atoms with Crippen molar-refractivity contribution in [3.05, 3.63) is 64.7 Å². The molecule has 4 heteroatoms. The number of ether oxygens (including phenoxy) is 1. The van der Waals surface area contributed by atoms with Crippen LogP contribution in [-0.4, -0.2) is 6.61 Å². The summed E-state index contributed by atoms with van der Waals surface area (Å²) in [5.41, 5.74) is 9.20. The van der Waals surface area contributed by atoms with E-state index in [0.29, 0.717) is 0 Å². The Kier molecular flexibility index (Phi) is 4.35. The highest BCUT2D eigenvalue weighted by Crippen LogP contribution is 2.21. The summed E-state index contributed by atoms with van der Waals surface area (Å²) in [6.07, 6.45) is 0. The van der Waals surface area contributed by atoms with Crippen LogP contribution in [0, 0.1) is 25.5 Å². The van der Waals surface area contributed by atoms with Crippen LogP contribution in [0.15, 0.2) is 36.4 Å². The molecular weight excluding hydrogens is 260 g/mol. The fourth-order valence-corrected chi connectivity index (χ4v) is 2.02. The van der Waals surface area contributed by atoms with Crippen molar-refractivity contribution in [3.8, 4) is 5.75 Å². The van der Waals surface area contributed by atoms with Crippen LogP contribution in [0.5, 0.6) is 5.75 Å². The van der Waals surface area contributed by atoms with E-state index in [-0.39, 0.29) is 18.4 Å². The number of aryl methyl sites for hydroxylation is 2. The lowest BCUT2D eigenvalue weighted by Gasteiger charge is -2.16. The van der Waals surface area contributed by atoms with Crippen molar-refractivity contribution in [3.63, 3.8) is 0 Å². The Morgan fingerprint density at radius 3 is 2.55 bits per heavy atom. The van der Waals surface area contributed by atoms with Gasteiger partial charge in [-0.1, -0.05) is 23.8 Å². The first kappa shape index (κ1) is 14.5. The van der Waals surface area contributed by atoms with Gasteiger partial charge in [-0.25, -0.2) is 8.78 Å². The van der Waals surface area contributed by atoms with Gasteiger partial charge in [-0.2, -0.15) is 0 Å². The van der Waals surface area contributed by atoms with E-state index in [2.05, 4.69) is 0 Å². The van der Waals surface area contributed by atoms with Gasteiger partial charge in [-0.05, 0) is 37.1 Å². The first-order chi connectivity index (χ1) is 9.47. The van der Waals surface area contributed by atoms with Gasteiger partial charge in [0.1, 0.15) is 12.4 Å². The van der Waals surface area contributed by atoms with Crippen LogP contribution < -0.4 is 10.5 Å². The summed E-state index contributed by atoms with van der Waals surface area (Å²) in [7, 11) is 0. The van der Waals surface area contributed by atoms with Gasteiger partial charge in [-0.15, -0.1) is 0 Å². The van der Waals surface area contributed by atoms with Crippen molar-refractivity contribution in [2.24, 2.45) is 5.73 Å². The molecule has 0 saturated carbocycles. The van der Waals surface area contributed by atoms with E-state index in [4.69, 9.17) is 10.5 Å². The Bertz CT molecular complexity index is 613. The number of hydrogen-bond donors (Lipinski definition) is 1. The zero-order valence-electron chi connectivity index (χ0n) is 11.5. The molecule has 0 aliphatic carbocycles. The summed E-state index contributed by atoms with van der Waals surface area (Å²) in [5.74, 6) is -1.35. The van der Waals surface area contributed by atoms with Crippen molar-refractivity contribution in [2.45, 2.75) is 19.9 Å². The van der Waals surface area contributed by atoms with Crippen molar-refractivity contribution >= 4 is 0 Å². The van der Waals surface area contributed by atoms with Crippen LogP contribution in [0.3, 0.4) is 0 Å². The topological polar surface area (TPSA) is 35.2 Å². The molecule has 2 N–H and O–H groups in total. The van der Waals surface area contributed by atoms with Gasteiger partial charge in [0, 0.05) is 6.07 Å². The van der Waals surface area contributed by atoms with Gasteiger partial charge < -0.3 is 10.5 Å². The van der Waals surface area contributed by atoms with Crippen LogP contribution in [0.25, 0.3) is 0 Å². The molecule has 0 aliphatic heterocycles. The van der Waals surface area contributed by atoms with Crippen LogP contribution in [0.2, 0.25) is 0 Å². The molecule has 0 spiro atoms. The molecule has 0 heterocycles. The van der Waals surface area contributed by atoms with Crippen LogP contribution >= 0.6 is 0 Å². The summed E-state index contributed by atoms with van der Waals surface area (Å²) in [6.45, 7) is 4.08. The summed E-state index contributed by atoms with van der Waals surface area (Å²) in [6, 6.07) is 8.83. The van der Waals surface area contributed by atoms with Crippen LogP contribution in [0.4, 0.5) is 8.78 Å². The Balaban J connectivity index is 2.08. The van der Waals surface area contributed by atoms with E-state index in [0.717, 1.165) is 28.8 Å². The van der Waals surface area contributed by atoms with Crippen molar-refractivity contribution in [2.75, 3.05) is 6.61 Å². The third-order valence-corrected chi connectivity index (χ3v) is 3.15. The molecule has 2 aromatic rings. The normalized spacial score (nSPS) is 12.2. The maximum absolute atomic E-state index is 13.4. The standard InChI is InChI=1S/C16H17F2NO/c1-10-3-4-11(2)13(7-10)15(19)9-20-16-6-5-12(17)8-14(16)18/h3-8,15H,9,19H2,1-2H3. The average molecular weight is 277 g/mol. The van der Waals surface area contributed by atoms with Crippen LogP contribution in [0.1, 0.15) is 22.7 Å². The van der Waals surface area contributed by atoms with Crippen molar-refractivity contribution in [1.82, 2.24) is 0 Å². The number of halogens is 2. The zero-order valence-corrected chi connectivity index (χ0v) is 11.5. The summed E-state index contributed by atoms with van der Waals surface area (Å²) in [5, 5.41) is 0. The fourth-order valence-electron chi connectivity index (χ4n) is 2.02. The zero-order chi connectivity index (χ0) is 14.7. The van der Waals surface area contributed by atoms with E-state index in [1.54, 1.807) is 0 Å². The Hall–Kier alpha value is -1.94. The summed E-state index contributed by atoms with van der Waals surface area (Å²) < 4.78 is 31.6. The van der Waals surface area contributed by atoms with Gasteiger partial charge in [0.05, 0.1) is 6.04 Å². The summed E-state index contributed by atoms with van der Waals surface area (Å²) >= 11 is 0. The third kappa shape index (κ3) is 3.33. The number of nitrogens with two attached hydrogens (primary N) is 1. The van der Waals surface area contributed by atoms with Gasteiger partial charge in [0.25, 0.3) is 0 Å². The second-order valence-electron chi connectivity index (χ2n) is 4.85. The predicted molar refractivity (Wildman–Crippen MR) is 74.7 cm³/mol. The lowest BCUT2D eigenvalue weighted by Crippen LogP contribution is -2.20. The average Bonchev–Trinajstić information content (AvgIpc) is 2.40. The molecule has 0 aromatic heterocycles. The molecule has 2 nitrogen and oxygen atoms in total. The Labute approximate surface area is 117 Å². The number of hydrogen-bond acceptors (Lipinski definition) is 2. The molecule has 2 aromatic carbocycles. The smallest absolute Gasteiger partial charge is 0.167 e. The van der Waals surface area contributed by atoms with Crippen LogP contribution in [-0.2, 0) is 0 Å². The summed E-state index contributed by atoms with van der Waals surface area (Å²) in [4.78, 5) is 0. The maximum Gasteiger partial charge on any atom is 0.167 e. The molecule has 1 unspecified atom stereocenters. The lowest BCUT2D eigenvalue weighted by molar-refractivity contribution is 0.276. The minimum Gasteiger partial charge on any atom is -0.489 e. The molecule has 106 valence electrons. The van der Waals surface area contributed by atoms with E-state index in [1.807, 2.05) is 32.0 Å². The van der Waals surface area contributed by atoms with E-state index < -0.39 is 11.6 Å². The monoisotopic (exact) mass is 277 g/mol. The molecule has 20 heavy (non-hydrogen) atoms. The van der Waals surface area contributed by atoms with E-state index in [1.165, 1.54) is 6.07 Å². The number of rotatable bonds is 4. The van der Waals surface area contributed by atoms with Gasteiger partial charge in [-0.3, -0.25) is 0 Å². The third-order valence-electron chi connectivity index (χ3n) is 3.15. The highest BCUT2D eigenvalue weighted by molar-refractivity contribution is 5.33. The SMILES string of the molecule is Cc1ccc(C)c(C(N)COc2ccc(F)cc2F)c1. The van der Waals surface area contributed by atoms with E-state index >= 15 is 0 Å². The molecule has 0 radical (unpaired) electrons. The maximum atomic E-state index is 13.4. The van der Waals surface area contributed by atoms with Gasteiger partial charge in [0.2, 0.25) is 0 Å². The van der Waals surface area contributed by atoms with Crippen molar-refractivity contribution in [1.29, 1.82) is 0 Å². The minimum absolute atomic E-state index is 0.00663. The molecule has 0 aliphatic rings. The predicted octanol–water partition coefficient (Wildman–Crippen LogP) is 3.66. The first-order valence-electron chi connectivity index (χ1n) is 6.38.